The van der Waals surface area contributed by atoms with Crippen LogP contribution >= 0.6 is 0 Å². The van der Waals surface area contributed by atoms with Gasteiger partial charge in [-0.25, -0.2) is 4.98 Å². The molecule has 1 heterocycles. The molecule has 0 spiro atoms. The molecule has 2 rings (SSSR count). The number of aromatic nitrogens is 1. The molecule has 0 saturated heterocycles. The van der Waals surface area contributed by atoms with Crippen LogP contribution in [0, 0.1) is 0 Å². The van der Waals surface area contributed by atoms with Crippen molar-refractivity contribution in [3.8, 4) is 5.75 Å². The second kappa shape index (κ2) is 2.90. The van der Waals surface area contributed by atoms with Gasteiger partial charge in [0.05, 0.1) is 0 Å². The average Bonchev–Trinajstić information content (AvgIpc) is 2.47. The highest BCUT2D eigenvalue weighted by molar-refractivity contribution is 5.73. The van der Waals surface area contributed by atoms with Gasteiger partial charge in [0.25, 0.3) is 0 Å². The van der Waals surface area contributed by atoms with Gasteiger partial charge >= 0.3 is 6.36 Å². The molecule has 1 aromatic heterocycles. The minimum atomic E-state index is -4.68. The van der Waals surface area contributed by atoms with Crippen molar-refractivity contribution in [2.24, 2.45) is 0 Å². The maximum absolute atomic E-state index is 11.8. The van der Waals surface area contributed by atoms with E-state index in [9.17, 15) is 13.2 Å². The maximum Gasteiger partial charge on any atom is 0.573 e. The van der Waals surface area contributed by atoms with Crippen molar-refractivity contribution in [1.82, 2.24) is 4.98 Å². The van der Waals surface area contributed by atoms with E-state index in [0.717, 1.165) is 12.5 Å². The van der Waals surface area contributed by atoms with Crippen molar-refractivity contribution >= 4 is 11.1 Å². The second-order valence-electron chi connectivity index (χ2n) is 2.53. The quantitative estimate of drug-likeness (QED) is 0.714. The van der Waals surface area contributed by atoms with Gasteiger partial charge in [0.2, 0.25) is 0 Å². The molecule has 2 aromatic rings. The van der Waals surface area contributed by atoms with Crippen molar-refractivity contribution in [1.29, 1.82) is 0 Å². The predicted octanol–water partition coefficient (Wildman–Crippen LogP) is 2.73. The summed E-state index contributed by atoms with van der Waals surface area (Å²) in [6.45, 7) is 0. The number of halogens is 3. The van der Waals surface area contributed by atoms with Gasteiger partial charge in [-0.15, -0.1) is 13.2 Å². The minimum absolute atomic E-state index is 0.307. The average molecular weight is 203 g/mol. The largest absolute Gasteiger partial charge is 0.573 e. The number of benzene rings is 1. The van der Waals surface area contributed by atoms with Crippen LogP contribution in [-0.4, -0.2) is 11.3 Å². The number of rotatable bonds is 1. The number of nitrogens with zero attached hydrogens (tertiary/aromatic N) is 1. The Hall–Kier alpha value is -1.72. The summed E-state index contributed by atoms with van der Waals surface area (Å²) < 4.78 is 44.0. The van der Waals surface area contributed by atoms with Gasteiger partial charge in [-0.1, -0.05) is 0 Å². The molecule has 0 aliphatic heterocycles. The molecule has 0 radical (unpaired) electrons. The molecule has 0 fully saturated rings. The fourth-order valence-corrected chi connectivity index (χ4v) is 1.03. The summed E-state index contributed by atoms with van der Waals surface area (Å²) in [7, 11) is 0. The number of fused-ring (bicyclic) bond motifs is 1. The van der Waals surface area contributed by atoms with E-state index in [-0.39, 0.29) is 5.75 Å². The summed E-state index contributed by atoms with van der Waals surface area (Å²) in [5, 5.41) is 0. The highest BCUT2D eigenvalue weighted by Gasteiger charge is 2.31. The molecule has 0 saturated carbocycles. The molecule has 3 nitrogen and oxygen atoms in total. The predicted molar refractivity (Wildman–Crippen MR) is 40.7 cm³/mol. The minimum Gasteiger partial charge on any atom is -0.443 e. The Bertz CT molecular complexity index is 449. The highest BCUT2D eigenvalue weighted by Crippen LogP contribution is 2.25. The van der Waals surface area contributed by atoms with Gasteiger partial charge in [0.1, 0.15) is 11.3 Å². The van der Waals surface area contributed by atoms with Gasteiger partial charge in [-0.3, -0.25) is 0 Å². The van der Waals surface area contributed by atoms with Crippen molar-refractivity contribution in [3.05, 3.63) is 24.6 Å². The lowest BCUT2D eigenvalue weighted by molar-refractivity contribution is -0.274. The molecule has 6 heteroatoms. The second-order valence-corrected chi connectivity index (χ2v) is 2.53. The van der Waals surface area contributed by atoms with E-state index in [1.165, 1.54) is 12.1 Å². The summed E-state index contributed by atoms with van der Waals surface area (Å²) in [6, 6.07) is 3.69. The number of ether oxygens (including phenoxy) is 1. The third kappa shape index (κ3) is 1.78. The zero-order valence-electron chi connectivity index (χ0n) is 6.71. The normalized spacial score (nSPS) is 11.9. The lowest BCUT2D eigenvalue weighted by Crippen LogP contribution is -2.16. The summed E-state index contributed by atoms with van der Waals surface area (Å²) >= 11 is 0. The Kier molecular flexibility index (Phi) is 1.83. The molecular weight excluding hydrogens is 199 g/mol. The van der Waals surface area contributed by atoms with Crippen LogP contribution in [0.1, 0.15) is 0 Å². The van der Waals surface area contributed by atoms with Crippen molar-refractivity contribution in [2.75, 3.05) is 0 Å². The zero-order chi connectivity index (χ0) is 10.2. The van der Waals surface area contributed by atoms with Crippen molar-refractivity contribution in [2.45, 2.75) is 6.36 Å². The molecule has 0 unspecified atom stereocenters. The van der Waals surface area contributed by atoms with Crippen LogP contribution in [0.3, 0.4) is 0 Å². The molecule has 0 amide bonds. The molecule has 0 aliphatic rings. The molecule has 14 heavy (non-hydrogen) atoms. The first-order valence-electron chi connectivity index (χ1n) is 3.63. The van der Waals surface area contributed by atoms with Gasteiger partial charge in [-0.05, 0) is 12.1 Å². The van der Waals surface area contributed by atoms with Crippen LogP contribution in [-0.2, 0) is 0 Å². The Morgan fingerprint density at radius 2 is 2.07 bits per heavy atom. The Balaban J connectivity index is 2.35. The van der Waals surface area contributed by atoms with E-state index >= 15 is 0 Å². The van der Waals surface area contributed by atoms with Crippen LogP contribution in [0.5, 0.6) is 5.75 Å². The number of oxazole rings is 1. The molecule has 0 bridgehead atoms. The fourth-order valence-electron chi connectivity index (χ4n) is 1.03. The van der Waals surface area contributed by atoms with Crippen LogP contribution in [0.15, 0.2) is 29.0 Å². The highest BCUT2D eigenvalue weighted by atomic mass is 19.4. The monoisotopic (exact) mass is 203 g/mol. The third-order valence-corrected chi connectivity index (χ3v) is 1.54. The van der Waals surface area contributed by atoms with Crippen LogP contribution in [0.25, 0.3) is 11.1 Å². The van der Waals surface area contributed by atoms with E-state index in [1.807, 2.05) is 0 Å². The number of hydrogen-bond acceptors (Lipinski definition) is 3. The SMILES string of the molecule is FC(F)(F)Oc1ccc2ocnc2c1. The summed E-state index contributed by atoms with van der Waals surface area (Å²) in [6.07, 6.45) is -3.53. The van der Waals surface area contributed by atoms with Gasteiger partial charge in [0.15, 0.2) is 12.0 Å². The Morgan fingerprint density at radius 3 is 2.79 bits per heavy atom. The molecule has 0 N–H and O–H groups in total. The summed E-state index contributed by atoms with van der Waals surface area (Å²) in [5.74, 6) is -0.307. The van der Waals surface area contributed by atoms with Crippen LogP contribution in [0.4, 0.5) is 13.2 Å². The third-order valence-electron chi connectivity index (χ3n) is 1.54. The zero-order valence-corrected chi connectivity index (χ0v) is 6.71. The Morgan fingerprint density at radius 1 is 1.29 bits per heavy atom. The standard InChI is InChI=1S/C8H4F3NO2/c9-8(10,11)14-5-1-2-7-6(3-5)12-4-13-7/h1-4H. The number of alkyl halides is 3. The smallest absolute Gasteiger partial charge is 0.443 e. The van der Waals surface area contributed by atoms with Crippen molar-refractivity contribution < 1.29 is 22.3 Å². The lowest BCUT2D eigenvalue weighted by Gasteiger charge is -2.07. The van der Waals surface area contributed by atoms with E-state index in [1.54, 1.807) is 0 Å². The summed E-state index contributed by atoms with van der Waals surface area (Å²) in [5.41, 5.74) is 0.742. The van der Waals surface area contributed by atoms with Gasteiger partial charge in [0, 0.05) is 6.07 Å². The molecule has 74 valence electrons. The van der Waals surface area contributed by atoms with Gasteiger partial charge < -0.3 is 9.15 Å². The molecule has 0 atom stereocenters. The van der Waals surface area contributed by atoms with E-state index in [4.69, 9.17) is 4.42 Å². The number of hydrogen-bond donors (Lipinski definition) is 0. The Labute approximate surface area is 76.1 Å². The summed E-state index contributed by atoms with van der Waals surface area (Å²) in [4.78, 5) is 3.70. The first-order valence-corrected chi connectivity index (χ1v) is 3.63. The molecule has 1 aromatic carbocycles. The van der Waals surface area contributed by atoms with Crippen molar-refractivity contribution in [3.63, 3.8) is 0 Å². The van der Waals surface area contributed by atoms with Gasteiger partial charge in [-0.2, -0.15) is 0 Å². The lowest BCUT2D eigenvalue weighted by atomic mass is 10.3. The van der Waals surface area contributed by atoms with E-state index in [0.29, 0.717) is 11.1 Å². The fraction of sp³-hybridized carbons (Fsp3) is 0.125. The maximum atomic E-state index is 11.8. The molecular formula is C8H4F3NO2. The van der Waals surface area contributed by atoms with Crippen LogP contribution < -0.4 is 4.74 Å². The first kappa shape index (κ1) is 8.86. The van der Waals surface area contributed by atoms with Crippen LogP contribution in [0.2, 0.25) is 0 Å². The van der Waals surface area contributed by atoms with E-state index < -0.39 is 6.36 Å². The molecule has 0 aliphatic carbocycles. The topological polar surface area (TPSA) is 35.3 Å². The van der Waals surface area contributed by atoms with E-state index in [2.05, 4.69) is 9.72 Å². The first-order chi connectivity index (χ1) is 6.54.